The molecule has 3 aromatic heterocycles. The molecule has 8 aromatic carbocycles. The minimum absolute atomic E-state index is 0.288. The lowest BCUT2D eigenvalue weighted by Crippen LogP contribution is -2.15. The van der Waals surface area contributed by atoms with Gasteiger partial charge in [-0.2, -0.15) is 0 Å². The summed E-state index contributed by atoms with van der Waals surface area (Å²) in [4.78, 5) is 5.68. The molecule has 0 amide bonds. The first kappa shape index (κ1) is 28.3. The highest BCUT2D eigenvalue weighted by atomic mass is 15.1. The predicted octanol–water partition coefficient (Wildman–Crippen LogP) is 13.1. The van der Waals surface area contributed by atoms with E-state index in [9.17, 15) is 0 Å². The summed E-state index contributed by atoms with van der Waals surface area (Å²) >= 11 is 0. The second-order valence-electron chi connectivity index (χ2n) is 14.6. The molecular weight excluding hydrogens is 631 g/mol. The van der Waals surface area contributed by atoms with Crippen LogP contribution < -0.4 is 0 Å². The molecule has 3 heteroatoms. The molecule has 1 atom stereocenters. The summed E-state index contributed by atoms with van der Waals surface area (Å²) in [6, 6.07) is 58.4. The lowest BCUT2D eigenvalue weighted by Gasteiger charge is -2.24. The molecule has 0 bridgehead atoms. The lowest BCUT2D eigenvalue weighted by molar-refractivity contribution is 0.670. The Labute approximate surface area is 300 Å². The van der Waals surface area contributed by atoms with Crippen LogP contribution in [0.2, 0.25) is 0 Å². The van der Waals surface area contributed by atoms with E-state index in [0.29, 0.717) is 0 Å². The van der Waals surface area contributed by atoms with Crippen molar-refractivity contribution >= 4 is 93.0 Å². The van der Waals surface area contributed by atoms with Crippen LogP contribution in [0.3, 0.4) is 0 Å². The highest BCUT2D eigenvalue weighted by Crippen LogP contribution is 2.48. The van der Waals surface area contributed by atoms with E-state index in [1.165, 1.54) is 92.6 Å². The third-order valence-corrected chi connectivity index (χ3v) is 11.9. The molecule has 11 aromatic rings. The molecule has 1 aliphatic heterocycles. The molecule has 0 fully saturated rings. The molecule has 0 saturated heterocycles. The van der Waals surface area contributed by atoms with Crippen LogP contribution >= 0.6 is 0 Å². The Morgan fingerprint density at radius 2 is 1.17 bits per heavy atom. The van der Waals surface area contributed by atoms with Crippen molar-refractivity contribution in [1.82, 2.24) is 8.97 Å². The Hall–Kier alpha value is -6.45. The number of aromatic nitrogens is 2. The van der Waals surface area contributed by atoms with Crippen molar-refractivity contribution in [1.29, 1.82) is 0 Å². The van der Waals surface area contributed by atoms with Crippen molar-refractivity contribution in [2.45, 2.75) is 25.2 Å². The third-order valence-electron chi connectivity index (χ3n) is 11.9. The molecule has 4 heterocycles. The maximum absolute atomic E-state index is 5.68. The van der Waals surface area contributed by atoms with Crippen molar-refractivity contribution in [3.63, 3.8) is 0 Å². The molecule has 12 rings (SSSR count). The molecule has 0 saturated carbocycles. The zero-order chi connectivity index (χ0) is 33.9. The number of rotatable bonds is 1. The molecule has 0 N–H and O–H groups in total. The first-order valence-electron chi connectivity index (χ1n) is 18.5. The summed E-state index contributed by atoms with van der Waals surface area (Å²) < 4.78 is 5.02. The van der Waals surface area contributed by atoms with E-state index in [0.717, 1.165) is 30.8 Å². The molecule has 244 valence electrons. The zero-order valence-electron chi connectivity index (χ0n) is 28.6. The molecule has 3 nitrogen and oxygen atoms in total. The number of para-hydroxylation sites is 3. The summed E-state index contributed by atoms with van der Waals surface area (Å²) in [6.07, 6.45) is 2.98. The van der Waals surface area contributed by atoms with Gasteiger partial charge in [0.05, 0.1) is 33.3 Å². The van der Waals surface area contributed by atoms with E-state index >= 15 is 0 Å². The highest BCUT2D eigenvalue weighted by molar-refractivity contribution is 6.39. The van der Waals surface area contributed by atoms with Gasteiger partial charge in [-0.25, -0.2) is 4.99 Å². The number of nitrogens with zero attached hydrogens (tertiary/aromatic N) is 3. The topological polar surface area (TPSA) is 21.7 Å². The quantitative estimate of drug-likeness (QED) is 0.167. The monoisotopic (exact) mass is 663 g/mol. The molecular formula is C49H33N3. The van der Waals surface area contributed by atoms with Gasteiger partial charge in [-0.1, -0.05) is 127 Å². The third kappa shape index (κ3) is 3.77. The number of hydrogen-bond acceptors (Lipinski definition) is 1. The maximum Gasteiger partial charge on any atom is 0.114 e. The summed E-state index contributed by atoms with van der Waals surface area (Å²) in [6.45, 7) is 0. The predicted molar refractivity (Wildman–Crippen MR) is 220 cm³/mol. The van der Waals surface area contributed by atoms with Gasteiger partial charge in [0.15, 0.2) is 0 Å². The fourth-order valence-corrected chi connectivity index (χ4v) is 9.68. The van der Waals surface area contributed by atoms with Crippen LogP contribution in [0, 0.1) is 0 Å². The van der Waals surface area contributed by atoms with Crippen molar-refractivity contribution in [3.05, 3.63) is 169 Å². The van der Waals surface area contributed by atoms with Crippen LogP contribution in [0.25, 0.3) is 81.4 Å². The van der Waals surface area contributed by atoms with Crippen molar-refractivity contribution in [3.8, 4) is 0 Å². The van der Waals surface area contributed by atoms with Gasteiger partial charge in [-0.05, 0) is 75.8 Å². The van der Waals surface area contributed by atoms with Gasteiger partial charge >= 0.3 is 0 Å². The standard InChI is InChI=1S/C49H33N3/c1-2-14-32-28-33(25-24-30(32)12-1)34-19-11-23-45(50-40-20-8-5-16-36(34)40)51-43-27-26-31-13-3-4-15-35(31)46(43)48-44(51)29-39-37-17-6-9-21-41(37)52-42-22-10-7-18-38(42)47(48)49(39)52/h1-10,12-18,20-22,24-29,34H,11,19,23H2. The number of hydrogen-bond donors (Lipinski definition) is 0. The summed E-state index contributed by atoms with van der Waals surface area (Å²) in [5, 5.41) is 13.0. The molecule has 0 radical (unpaired) electrons. The number of benzene rings is 8. The van der Waals surface area contributed by atoms with Crippen LogP contribution in [-0.4, -0.2) is 14.8 Å². The average Bonchev–Trinajstić information content (AvgIpc) is 3.83. The van der Waals surface area contributed by atoms with Crippen LogP contribution in [0.5, 0.6) is 0 Å². The van der Waals surface area contributed by atoms with Gasteiger partial charge in [0.1, 0.15) is 5.84 Å². The van der Waals surface area contributed by atoms with Crippen LogP contribution in [0.4, 0.5) is 5.69 Å². The van der Waals surface area contributed by atoms with Gasteiger partial charge in [0, 0.05) is 44.7 Å². The fraction of sp³-hybridized carbons (Fsp3) is 0.0816. The Morgan fingerprint density at radius 3 is 2.06 bits per heavy atom. The summed E-state index contributed by atoms with van der Waals surface area (Å²) in [5.41, 5.74) is 10.0. The summed E-state index contributed by atoms with van der Waals surface area (Å²) in [7, 11) is 0. The van der Waals surface area contributed by atoms with Gasteiger partial charge in [0.25, 0.3) is 0 Å². The van der Waals surface area contributed by atoms with Gasteiger partial charge in [-0.3, -0.25) is 4.57 Å². The number of aliphatic imine (C=N–C) groups is 1. The van der Waals surface area contributed by atoms with Crippen molar-refractivity contribution in [2.24, 2.45) is 4.99 Å². The Kier molecular flexibility index (Phi) is 5.73. The first-order chi connectivity index (χ1) is 25.8. The largest absolute Gasteiger partial charge is 0.308 e. The lowest BCUT2D eigenvalue weighted by atomic mass is 9.84. The Morgan fingerprint density at radius 1 is 0.481 bits per heavy atom. The van der Waals surface area contributed by atoms with Gasteiger partial charge in [0.2, 0.25) is 0 Å². The van der Waals surface area contributed by atoms with Gasteiger partial charge in [-0.15, -0.1) is 0 Å². The van der Waals surface area contributed by atoms with E-state index in [1.54, 1.807) is 0 Å². The molecule has 52 heavy (non-hydrogen) atoms. The van der Waals surface area contributed by atoms with Crippen molar-refractivity contribution in [2.75, 3.05) is 0 Å². The van der Waals surface area contributed by atoms with Crippen LogP contribution in [0.15, 0.2) is 163 Å². The van der Waals surface area contributed by atoms with E-state index in [4.69, 9.17) is 4.99 Å². The van der Waals surface area contributed by atoms with Crippen LogP contribution in [0.1, 0.15) is 36.3 Å². The second kappa shape index (κ2) is 10.5. The summed E-state index contributed by atoms with van der Waals surface area (Å²) in [5.74, 6) is 1.40. The molecule has 0 spiro atoms. The second-order valence-corrected chi connectivity index (χ2v) is 14.6. The van der Waals surface area contributed by atoms with E-state index in [1.807, 2.05) is 0 Å². The molecule has 1 unspecified atom stereocenters. The SMILES string of the molecule is c1ccc2c(c1)N=C(n1c3ccc4ccccc4c3c3c4c5ccccc5n5c6ccccc6c(cc31)c45)CCCC2c1ccc2ccccc2c1. The van der Waals surface area contributed by atoms with E-state index < -0.39 is 0 Å². The molecule has 0 aliphatic carbocycles. The average molecular weight is 664 g/mol. The van der Waals surface area contributed by atoms with E-state index in [2.05, 4.69) is 167 Å². The Bertz CT molecular complexity index is 3280. The number of fused-ring (bicyclic) bond motifs is 14. The minimum Gasteiger partial charge on any atom is -0.308 e. The normalized spacial score (nSPS) is 15.4. The zero-order valence-corrected chi connectivity index (χ0v) is 28.6. The minimum atomic E-state index is 0.288. The first-order valence-corrected chi connectivity index (χ1v) is 18.5. The highest BCUT2D eigenvalue weighted by Gasteiger charge is 2.27. The Balaban J connectivity index is 1.20. The van der Waals surface area contributed by atoms with E-state index in [-0.39, 0.29) is 5.92 Å². The molecule has 1 aliphatic rings. The fourth-order valence-electron chi connectivity index (χ4n) is 9.68. The maximum atomic E-state index is 5.68. The van der Waals surface area contributed by atoms with Crippen molar-refractivity contribution < 1.29 is 0 Å². The van der Waals surface area contributed by atoms with Crippen LogP contribution in [-0.2, 0) is 0 Å². The van der Waals surface area contributed by atoms with Gasteiger partial charge < -0.3 is 4.40 Å². The smallest absolute Gasteiger partial charge is 0.114 e.